The number of morpholine rings is 1. The van der Waals surface area contributed by atoms with E-state index in [-0.39, 0.29) is 29.9 Å². The molecule has 0 aromatic heterocycles. The Morgan fingerprint density at radius 2 is 1.87 bits per heavy atom. The maximum atomic E-state index is 11.8. The molecule has 3 heterocycles. The lowest BCUT2D eigenvalue weighted by Gasteiger charge is -2.32. The van der Waals surface area contributed by atoms with Gasteiger partial charge in [0.2, 0.25) is 5.91 Å². The standard InChI is InChI=1S/C22H33N5O2.HI/c1-23-22(27-10-8-20(17-27)25-11-13-29-14-12-25)24-15-18-4-6-19(7-5-18)16-26-9-2-3-21(26)28;/h4-7,20H,2-3,8-17H2,1H3,(H,23,24);1H. The topological polar surface area (TPSA) is 60.4 Å². The Morgan fingerprint density at radius 3 is 2.53 bits per heavy atom. The second-order valence-electron chi connectivity index (χ2n) is 8.17. The monoisotopic (exact) mass is 527 g/mol. The molecule has 0 spiro atoms. The van der Waals surface area contributed by atoms with Gasteiger partial charge in [0.05, 0.1) is 13.2 Å². The van der Waals surface area contributed by atoms with Crippen LogP contribution in [0.2, 0.25) is 0 Å². The van der Waals surface area contributed by atoms with Gasteiger partial charge in [0, 0.05) is 65.3 Å². The van der Waals surface area contributed by atoms with Crippen LogP contribution in [0, 0.1) is 0 Å². The molecular formula is C22H34IN5O2. The Balaban J connectivity index is 0.00000256. The summed E-state index contributed by atoms with van der Waals surface area (Å²) in [6.45, 7) is 8.24. The maximum absolute atomic E-state index is 11.8. The Bertz CT molecular complexity index is 721. The number of hydrogen-bond donors (Lipinski definition) is 1. The van der Waals surface area contributed by atoms with Crippen LogP contribution in [-0.4, -0.2) is 85.6 Å². The summed E-state index contributed by atoms with van der Waals surface area (Å²) in [7, 11) is 1.86. The van der Waals surface area contributed by atoms with E-state index >= 15 is 0 Å². The van der Waals surface area contributed by atoms with Crippen LogP contribution >= 0.6 is 24.0 Å². The molecule has 4 rings (SSSR count). The second kappa shape index (κ2) is 11.3. The molecule has 7 nitrogen and oxygen atoms in total. The first-order valence-corrected chi connectivity index (χ1v) is 10.9. The largest absolute Gasteiger partial charge is 0.379 e. The van der Waals surface area contributed by atoms with Gasteiger partial charge in [0.1, 0.15) is 0 Å². The van der Waals surface area contributed by atoms with E-state index in [0.29, 0.717) is 12.5 Å². The van der Waals surface area contributed by atoms with Gasteiger partial charge in [0.15, 0.2) is 5.96 Å². The Morgan fingerprint density at radius 1 is 1.13 bits per heavy atom. The van der Waals surface area contributed by atoms with Gasteiger partial charge in [-0.3, -0.25) is 14.7 Å². The van der Waals surface area contributed by atoms with E-state index in [1.165, 1.54) is 17.5 Å². The number of rotatable bonds is 5. The fourth-order valence-electron chi connectivity index (χ4n) is 4.54. The highest BCUT2D eigenvalue weighted by Gasteiger charge is 2.30. The average molecular weight is 527 g/mol. The molecule has 30 heavy (non-hydrogen) atoms. The molecule has 0 bridgehead atoms. The lowest BCUT2D eigenvalue weighted by atomic mass is 10.1. The predicted octanol–water partition coefficient (Wildman–Crippen LogP) is 1.91. The van der Waals surface area contributed by atoms with Crippen LogP contribution in [0.1, 0.15) is 30.4 Å². The first-order valence-electron chi connectivity index (χ1n) is 10.9. The molecule has 0 radical (unpaired) electrons. The Labute approximate surface area is 196 Å². The van der Waals surface area contributed by atoms with Gasteiger partial charge in [-0.1, -0.05) is 24.3 Å². The van der Waals surface area contributed by atoms with Crippen molar-refractivity contribution in [1.29, 1.82) is 0 Å². The van der Waals surface area contributed by atoms with E-state index in [4.69, 9.17) is 4.74 Å². The molecule has 3 saturated heterocycles. The quantitative estimate of drug-likeness (QED) is 0.360. The van der Waals surface area contributed by atoms with Gasteiger partial charge in [-0.15, -0.1) is 24.0 Å². The lowest BCUT2D eigenvalue weighted by Crippen LogP contribution is -2.46. The molecule has 1 N–H and O–H groups in total. The molecule has 1 unspecified atom stereocenters. The number of halogens is 1. The number of aliphatic imine (C=N–C) groups is 1. The third-order valence-corrected chi connectivity index (χ3v) is 6.26. The first kappa shape index (κ1) is 23.3. The van der Waals surface area contributed by atoms with Gasteiger partial charge in [0.25, 0.3) is 0 Å². The first-order chi connectivity index (χ1) is 14.2. The number of guanidine groups is 1. The lowest BCUT2D eigenvalue weighted by molar-refractivity contribution is -0.128. The molecule has 0 saturated carbocycles. The SMILES string of the molecule is CN=C(NCc1ccc(CN2CCCC2=O)cc1)N1CCC(N2CCOCC2)C1.I. The highest BCUT2D eigenvalue weighted by atomic mass is 127. The van der Waals surface area contributed by atoms with E-state index in [9.17, 15) is 4.79 Å². The molecule has 1 atom stereocenters. The van der Waals surface area contributed by atoms with E-state index in [1.54, 1.807) is 0 Å². The molecule has 1 amide bonds. The van der Waals surface area contributed by atoms with Crippen molar-refractivity contribution in [1.82, 2.24) is 20.0 Å². The van der Waals surface area contributed by atoms with Crippen molar-refractivity contribution in [3.8, 4) is 0 Å². The zero-order valence-electron chi connectivity index (χ0n) is 17.9. The van der Waals surface area contributed by atoms with Gasteiger partial charge in [-0.25, -0.2) is 0 Å². The van der Waals surface area contributed by atoms with Crippen molar-refractivity contribution in [2.75, 3.05) is 53.0 Å². The fourth-order valence-corrected chi connectivity index (χ4v) is 4.54. The third-order valence-electron chi connectivity index (χ3n) is 6.26. The van der Waals surface area contributed by atoms with E-state index in [0.717, 1.165) is 71.4 Å². The van der Waals surface area contributed by atoms with Crippen LogP contribution in [-0.2, 0) is 22.6 Å². The maximum Gasteiger partial charge on any atom is 0.222 e. The summed E-state index contributed by atoms with van der Waals surface area (Å²) in [5.74, 6) is 1.26. The minimum atomic E-state index is 0. The van der Waals surface area contributed by atoms with E-state index in [2.05, 4.69) is 44.4 Å². The number of amides is 1. The third kappa shape index (κ3) is 5.85. The van der Waals surface area contributed by atoms with Crippen LogP contribution < -0.4 is 5.32 Å². The highest BCUT2D eigenvalue weighted by Crippen LogP contribution is 2.18. The number of benzene rings is 1. The molecule has 8 heteroatoms. The zero-order valence-corrected chi connectivity index (χ0v) is 20.2. The minimum Gasteiger partial charge on any atom is -0.379 e. The second-order valence-corrected chi connectivity index (χ2v) is 8.17. The number of likely N-dealkylation sites (tertiary alicyclic amines) is 2. The predicted molar refractivity (Wildman–Crippen MR) is 129 cm³/mol. The van der Waals surface area contributed by atoms with Crippen LogP contribution in [0.3, 0.4) is 0 Å². The number of ether oxygens (including phenoxy) is 1. The summed E-state index contributed by atoms with van der Waals surface area (Å²) in [6.07, 6.45) is 2.87. The summed E-state index contributed by atoms with van der Waals surface area (Å²) in [5, 5.41) is 3.52. The van der Waals surface area contributed by atoms with Crippen molar-refractivity contribution in [2.45, 2.75) is 38.4 Å². The number of hydrogen-bond acceptors (Lipinski definition) is 4. The van der Waals surface area contributed by atoms with Crippen LogP contribution in [0.4, 0.5) is 0 Å². The number of nitrogens with one attached hydrogen (secondary N) is 1. The molecule has 3 fully saturated rings. The number of nitrogens with zero attached hydrogens (tertiary/aromatic N) is 4. The average Bonchev–Trinajstić information content (AvgIpc) is 3.40. The summed E-state index contributed by atoms with van der Waals surface area (Å²) in [6, 6.07) is 9.17. The van der Waals surface area contributed by atoms with Crippen molar-refractivity contribution in [2.24, 2.45) is 4.99 Å². The fraction of sp³-hybridized carbons (Fsp3) is 0.636. The van der Waals surface area contributed by atoms with Gasteiger partial charge < -0.3 is 19.9 Å². The van der Waals surface area contributed by atoms with Gasteiger partial charge >= 0.3 is 0 Å². The summed E-state index contributed by atoms with van der Waals surface area (Å²) in [4.78, 5) is 23.2. The molecule has 0 aliphatic carbocycles. The Kier molecular flexibility index (Phi) is 8.76. The van der Waals surface area contributed by atoms with Gasteiger partial charge in [-0.2, -0.15) is 0 Å². The molecule has 1 aromatic carbocycles. The molecular weight excluding hydrogens is 493 g/mol. The van der Waals surface area contributed by atoms with Crippen molar-refractivity contribution < 1.29 is 9.53 Å². The molecule has 166 valence electrons. The molecule has 3 aliphatic heterocycles. The highest BCUT2D eigenvalue weighted by molar-refractivity contribution is 14.0. The molecule has 1 aromatic rings. The van der Waals surface area contributed by atoms with Gasteiger partial charge in [-0.05, 0) is 24.0 Å². The van der Waals surface area contributed by atoms with Crippen LogP contribution in [0.25, 0.3) is 0 Å². The summed E-state index contributed by atoms with van der Waals surface area (Å²) < 4.78 is 5.48. The normalized spacial score (nSPS) is 23.0. The number of carbonyl (C=O) groups excluding carboxylic acids is 1. The summed E-state index contributed by atoms with van der Waals surface area (Å²) >= 11 is 0. The minimum absolute atomic E-state index is 0. The van der Waals surface area contributed by atoms with Crippen molar-refractivity contribution in [3.05, 3.63) is 35.4 Å². The number of carbonyl (C=O) groups is 1. The van der Waals surface area contributed by atoms with Crippen LogP contribution in [0.5, 0.6) is 0 Å². The molecule has 3 aliphatic rings. The van der Waals surface area contributed by atoms with Crippen LogP contribution in [0.15, 0.2) is 29.3 Å². The Hall–Kier alpha value is -1.39. The summed E-state index contributed by atoms with van der Waals surface area (Å²) in [5.41, 5.74) is 2.42. The van der Waals surface area contributed by atoms with E-state index < -0.39 is 0 Å². The van der Waals surface area contributed by atoms with Crippen molar-refractivity contribution in [3.63, 3.8) is 0 Å². The van der Waals surface area contributed by atoms with Crippen molar-refractivity contribution >= 4 is 35.8 Å². The zero-order chi connectivity index (χ0) is 20.1. The smallest absolute Gasteiger partial charge is 0.222 e. The van der Waals surface area contributed by atoms with E-state index in [1.807, 2.05) is 11.9 Å².